The Bertz CT molecular complexity index is 218. The fourth-order valence-corrected chi connectivity index (χ4v) is 1.91. The molecule has 0 aromatic rings. The quantitative estimate of drug-likeness (QED) is 0.677. The summed E-state index contributed by atoms with van der Waals surface area (Å²) in [7, 11) is 0. The lowest BCUT2D eigenvalue weighted by molar-refractivity contribution is -0.119. The third-order valence-electron chi connectivity index (χ3n) is 2.49. The van der Waals surface area contributed by atoms with E-state index in [-0.39, 0.29) is 23.9 Å². The number of amides is 2. The Labute approximate surface area is 105 Å². The van der Waals surface area contributed by atoms with E-state index in [0.29, 0.717) is 0 Å². The number of nitrogens with one attached hydrogen (secondary N) is 2. The topological polar surface area (TPSA) is 58.2 Å². The number of hydrogen-bond donors (Lipinski definition) is 2. The van der Waals surface area contributed by atoms with E-state index in [1.165, 1.54) is 13.8 Å². The second kappa shape index (κ2) is 9.02. The summed E-state index contributed by atoms with van der Waals surface area (Å²) in [6, 6.07) is 0.154. The Kier molecular flexibility index (Phi) is 8.46. The lowest BCUT2D eigenvalue weighted by atomic mass is 9.99. The highest BCUT2D eigenvalue weighted by Crippen LogP contribution is 2.09. The van der Waals surface area contributed by atoms with Crippen LogP contribution in [0.2, 0.25) is 0 Å². The molecule has 2 unspecified atom stereocenters. The molecule has 0 aromatic carbocycles. The van der Waals surface area contributed by atoms with E-state index in [4.69, 9.17) is 0 Å². The number of carbonyl (C=O) groups excluding carboxylic acids is 2. The number of hydrogen-bond acceptors (Lipinski definition) is 2. The van der Waals surface area contributed by atoms with Gasteiger partial charge < -0.3 is 10.6 Å². The van der Waals surface area contributed by atoms with Crippen molar-refractivity contribution in [2.24, 2.45) is 0 Å². The van der Waals surface area contributed by atoms with Crippen LogP contribution in [0.4, 0.5) is 0 Å². The van der Waals surface area contributed by atoms with Crippen LogP contribution in [0.5, 0.6) is 0 Å². The maximum Gasteiger partial charge on any atom is 0.217 e. The zero-order chi connectivity index (χ0) is 13.3. The smallest absolute Gasteiger partial charge is 0.217 e. The van der Waals surface area contributed by atoms with Crippen LogP contribution < -0.4 is 10.6 Å². The van der Waals surface area contributed by atoms with E-state index >= 15 is 0 Å². The van der Waals surface area contributed by atoms with Gasteiger partial charge >= 0.3 is 0 Å². The summed E-state index contributed by atoms with van der Waals surface area (Å²) < 4.78 is 0. The summed E-state index contributed by atoms with van der Waals surface area (Å²) in [5.74, 6) is -0.0840. The molecule has 4 heteroatoms. The minimum Gasteiger partial charge on any atom is -0.354 e. The van der Waals surface area contributed by atoms with Crippen molar-refractivity contribution in [3.63, 3.8) is 0 Å². The lowest BCUT2D eigenvalue weighted by Gasteiger charge is -2.24. The van der Waals surface area contributed by atoms with Gasteiger partial charge in [-0.25, -0.2) is 0 Å². The molecule has 17 heavy (non-hydrogen) atoms. The second-order valence-corrected chi connectivity index (χ2v) is 4.32. The van der Waals surface area contributed by atoms with Crippen molar-refractivity contribution >= 4 is 11.8 Å². The highest BCUT2D eigenvalue weighted by Gasteiger charge is 2.16. The molecule has 98 valence electrons. The maximum atomic E-state index is 11.1. The molecule has 0 aliphatic rings. The van der Waals surface area contributed by atoms with Crippen LogP contribution in [0.1, 0.15) is 46.0 Å². The van der Waals surface area contributed by atoms with Gasteiger partial charge in [-0.15, -0.1) is 0 Å². The molecular weight excluding hydrogens is 216 g/mol. The minimum atomic E-state index is -0.0420. The minimum absolute atomic E-state index is 0.0420. The van der Waals surface area contributed by atoms with Gasteiger partial charge in [-0.2, -0.15) is 0 Å². The molecule has 2 amide bonds. The van der Waals surface area contributed by atoms with Crippen LogP contribution in [-0.4, -0.2) is 23.9 Å². The molecule has 0 saturated carbocycles. The number of carbonyl (C=O) groups is 2. The molecule has 2 N–H and O–H groups in total. The van der Waals surface area contributed by atoms with Crippen molar-refractivity contribution in [2.45, 2.75) is 58.0 Å². The van der Waals surface area contributed by atoms with E-state index in [1.807, 2.05) is 0 Å². The lowest BCUT2D eigenvalue weighted by Crippen LogP contribution is -2.41. The Morgan fingerprint density at radius 2 is 1.29 bits per heavy atom. The molecule has 2 atom stereocenters. The van der Waals surface area contributed by atoms with E-state index in [0.717, 1.165) is 32.1 Å². The van der Waals surface area contributed by atoms with Gasteiger partial charge in [-0.1, -0.05) is 26.7 Å². The first-order valence-corrected chi connectivity index (χ1v) is 6.12. The van der Waals surface area contributed by atoms with Crippen molar-refractivity contribution in [3.8, 4) is 0 Å². The highest BCUT2D eigenvalue weighted by molar-refractivity contribution is 5.73. The first kappa shape index (κ1) is 15.9. The van der Waals surface area contributed by atoms with Crippen LogP contribution in [-0.2, 0) is 9.59 Å². The van der Waals surface area contributed by atoms with Gasteiger partial charge in [-0.05, 0) is 19.3 Å². The zero-order valence-electron chi connectivity index (χ0n) is 10.9. The third-order valence-corrected chi connectivity index (χ3v) is 2.49. The average molecular weight is 240 g/mol. The van der Waals surface area contributed by atoms with Gasteiger partial charge in [-0.3, -0.25) is 9.59 Å². The molecule has 0 aliphatic carbocycles. The maximum absolute atomic E-state index is 11.1. The van der Waals surface area contributed by atoms with Gasteiger partial charge in [0.1, 0.15) is 0 Å². The van der Waals surface area contributed by atoms with Crippen molar-refractivity contribution in [3.05, 3.63) is 13.8 Å². The molecule has 0 rings (SSSR count). The van der Waals surface area contributed by atoms with Crippen molar-refractivity contribution in [1.82, 2.24) is 10.6 Å². The third kappa shape index (κ3) is 8.72. The summed E-state index contributed by atoms with van der Waals surface area (Å²) in [4.78, 5) is 22.1. The van der Waals surface area contributed by atoms with Crippen molar-refractivity contribution < 1.29 is 9.59 Å². The van der Waals surface area contributed by atoms with Gasteiger partial charge in [0.2, 0.25) is 11.8 Å². The summed E-state index contributed by atoms with van der Waals surface area (Å²) in [6.07, 6.45) is 3.92. The van der Waals surface area contributed by atoms with Gasteiger partial charge in [0.05, 0.1) is 0 Å². The van der Waals surface area contributed by atoms with E-state index in [9.17, 15) is 9.59 Å². The monoisotopic (exact) mass is 240 g/mol. The summed E-state index contributed by atoms with van der Waals surface area (Å²) in [6.45, 7) is 10.6. The second-order valence-electron chi connectivity index (χ2n) is 4.32. The molecule has 0 heterocycles. The molecule has 0 spiro atoms. The highest BCUT2D eigenvalue weighted by atomic mass is 16.2. The van der Waals surface area contributed by atoms with E-state index in [2.05, 4.69) is 24.5 Å². The van der Waals surface area contributed by atoms with Crippen LogP contribution >= 0.6 is 0 Å². The summed E-state index contributed by atoms with van der Waals surface area (Å²) in [5, 5.41) is 5.78. The molecule has 2 radical (unpaired) electrons. The molecule has 0 fully saturated rings. The Morgan fingerprint density at radius 3 is 1.53 bits per heavy atom. The average Bonchev–Trinajstić information content (AvgIpc) is 2.16. The largest absolute Gasteiger partial charge is 0.354 e. The molecule has 0 aliphatic heterocycles. The van der Waals surface area contributed by atoms with Crippen LogP contribution in [0.25, 0.3) is 0 Å². The normalized spacial score (nSPS) is 13.9. The number of rotatable bonds is 8. The fraction of sp³-hybridized carbons (Fsp3) is 0.692. The fourth-order valence-electron chi connectivity index (χ4n) is 1.91. The molecule has 0 aromatic heterocycles. The van der Waals surface area contributed by atoms with Crippen LogP contribution in [0, 0.1) is 13.8 Å². The molecule has 0 bridgehead atoms. The predicted molar refractivity (Wildman–Crippen MR) is 69.0 cm³/mol. The van der Waals surface area contributed by atoms with E-state index < -0.39 is 0 Å². The summed E-state index contributed by atoms with van der Waals surface area (Å²) in [5.41, 5.74) is 0. The molecule has 4 nitrogen and oxygen atoms in total. The van der Waals surface area contributed by atoms with Gasteiger partial charge in [0, 0.05) is 25.9 Å². The Morgan fingerprint density at radius 1 is 0.941 bits per heavy atom. The first-order chi connectivity index (χ1) is 7.99. The molecular formula is C13H24N2O2. The Hall–Kier alpha value is -1.06. The zero-order valence-corrected chi connectivity index (χ0v) is 10.9. The molecule has 0 saturated heterocycles. The van der Waals surface area contributed by atoms with Crippen molar-refractivity contribution in [1.29, 1.82) is 0 Å². The SMILES string of the molecule is [CH2]CCC(CC(CC[CH2])NC(C)=O)NC(C)=O. The standard InChI is InChI=1S/C13H24N2O2/c1-5-7-12(14-10(3)16)9-13(8-6-2)15-11(4)17/h12-13H,1-2,5-9H2,3-4H3,(H,14,16)(H,15,17). The van der Waals surface area contributed by atoms with Gasteiger partial charge in [0.15, 0.2) is 0 Å². The first-order valence-electron chi connectivity index (χ1n) is 6.12. The van der Waals surface area contributed by atoms with Gasteiger partial charge in [0.25, 0.3) is 0 Å². The Balaban J connectivity index is 4.31. The van der Waals surface area contributed by atoms with Crippen molar-refractivity contribution in [2.75, 3.05) is 0 Å². The van der Waals surface area contributed by atoms with Crippen LogP contribution in [0.15, 0.2) is 0 Å². The predicted octanol–water partition coefficient (Wildman–Crippen LogP) is 1.61. The van der Waals surface area contributed by atoms with Crippen LogP contribution in [0.3, 0.4) is 0 Å². The van der Waals surface area contributed by atoms with E-state index in [1.54, 1.807) is 0 Å². The summed E-state index contributed by atoms with van der Waals surface area (Å²) >= 11 is 0.